The molecule has 0 aliphatic heterocycles. The lowest BCUT2D eigenvalue weighted by Gasteiger charge is -2.02. The van der Waals surface area contributed by atoms with E-state index in [0.29, 0.717) is 18.3 Å². The van der Waals surface area contributed by atoms with Gasteiger partial charge in [-0.05, 0) is 31.0 Å². The Labute approximate surface area is 107 Å². The summed E-state index contributed by atoms with van der Waals surface area (Å²) in [6.45, 7) is 5.73. The van der Waals surface area contributed by atoms with Crippen LogP contribution in [0.25, 0.3) is 0 Å². The first-order valence-electron chi connectivity index (χ1n) is 6.36. The highest BCUT2D eigenvalue weighted by Crippen LogP contribution is 2.11. The van der Waals surface area contributed by atoms with E-state index in [4.69, 9.17) is 4.42 Å². The Kier molecular flexibility index (Phi) is 4.47. The van der Waals surface area contributed by atoms with E-state index in [9.17, 15) is 0 Å². The lowest BCUT2D eigenvalue weighted by atomic mass is 10.0. The molecule has 0 atom stereocenters. The maximum absolute atomic E-state index is 5.56. The van der Waals surface area contributed by atoms with Crippen LogP contribution in [0.15, 0.2) is 28.7 Å². The van der Waals surface area contributed by atoms with Gasteiger partial charge in [0.05, 0.1) is 6.54 Å². The van der Waals surface area contributed by atoms with Crippen molar-refractivity contribution in [2.45, 2.75) is 33.2 Å². The van der Waals surface area contributed by atoms with Gasteiger partial charge in [-0.15, -0.1) is 10.2 Å². The smallest absolute Gasteiger partial charge is 0.230 e. The van der Waals surface area contributed by atoms with Crippen LogP contribution in [0.1, 0.15) is 29.8 Å². The minimum atomic E-state index is 0.647. The van der Waals surface area contributed by atoms with Gasteiger partial charge in [0.1, 0.15) is 0 Å². The number of hydrogen-bond acceptors (Lipinski definition) is 4. The van der Waals surface area contributed by atoms with Crippen molar-refractivity contribution in [1.29, 1.82) is 0 Å². The highest BCUT2D eigenvalue weighted by atomic mass is 16.4. The average molecular weight is 245 g/mol. The van der Waals surface area contributed by atoms with Crippen LogP contribution in [0.4, 0.5) is 0 Å². The van der Waals surface area contributed by atoms with Gasteiger partial charge in [0.15, 0.2) is 0 Å². The Morgan fingerprint density at radius 3 is 2.67 bits per heavy atom. The van der Waals surface area contributed by atoms with Crippen LogP contribution in [-0.4, -0.2) is 16.7 Å². The molecule has 0 spiro atoms. The van der Waals surface area contributed by atoms with Crippen LogP contribution < -0.4 is 5.32 Å². The fourth-order valence-electron chi connectivity index (χ4n) is 1.82. The predicted octanol–water partition coefficient (Wildman–Crippen LogP) is 2.27. The van der Waals surface area contributed by atoms with Crippen molar-refractivity contribution in [3.8, 4) is 0 Å². The van der Waals surface area contributed by atoms with Gasteiger partial charge in [0.2, 0.25) is 11.8 Å². The zero-order chi connectivity index (χ0) is 12.8. The van der Waals surface area contributed by atoms with Crippen molar-refractivity contribution in [3.05, 3.63) is 47.2 Å². The molecule has 1 N–H and O–H groups in total. The topological polar surface area (TPSA) is 51.0 Å². The zero-order valence-corrected chi connectivity index (χ0v) is 10.9. The highest BCUT2D eigenvalue weighted by molar-refractivity contribution is 5.25. The maximum Gasteiger partial charge on any atom is 0.230 e. The first-order chi connectivity index (χ1) is 8.79. The van der Waals surface area contributed by atoms with Gasteiger partial charge in [0.25, 0.3) is 0 Å². The molecule has 96 valence electrons. The molecular weight excluding hydrogens is 226 g/mol. The molecule has 0 aliphatic rings. The van der Waals surface area contributed by atoms with E-state index in [0.717, 1.165) is 19.4 Å². The second kappa shape index (κ2) is 6.31. The largest absolute Gasteiger partial charge is 0.424 e. The van der Waals surface area contributed by atoms with E-state index in [1.54, 1.807) is 0 Å². The van der Waals surface area contributed by atoms with Crippen LogP contribution in [0.5, 0.6) is 0 Å². The van der Waals surface area contributed by atoms with Crippen LogP contribution in [0, 0.1) is 6.92 Å². The lowest BCUT2D eigenvalue weighted by molar-refractivity contribution is 0.434. The van der Waals surface area contributed by atoms with Gasteiger partial charge in [-0.25, -0.2) is 0 Å². The van der Waals surface area contributed by atoms with Crippen LogP contribution >= 0.6 is 0 Å². The Balaban J connectivity index is 1.90. The monoisotopic (exact) mass is 245 g/mol. The molecular formula is C14H19N3O. The van der Waals surface area contributed by atoms with Crippen molar-refractivity contribution >= 4 is 0 Å². The molecule has 0 bridgehead atoms. The highest BCUT2D eigenvalue weighted by Gasteiger charge is 2.06. The van der Waals surface area contributed by atoms with E-state index in [-0.39, 0.29) is 0 Å². The zero-order valence-electron chi connectivity index (χ0n) is 10.9. The maximum atomic E-state index is 5.56. The van der Waals surface area contributed by atoms with Crippen molar-refractivity contribution in [2.75, 3.05) is 6.54 Å². The normalized spacial score (nSPS) is 10.8. The van der Waals surface area contributed by atoms with Crippen molar-refractivity contribution in [1.82, 2.24) is 15.5 Å². The second-order valence-corrected chi connectivity index (χ2v) is 4.30. The summed E-state index contributed by atoms with van der Waals surface area (Å²) < 4.78 is 5.56. The number of aryl methyl sites for hydroxylation is 3. The summed E-state index contributed by atoms with van der Waals surface area (Å²) in [5.41, 5.74) is 2.65. The van der Waals surface area contributed by atoms with Crippen molar-refractivity contribution in [3.63, 3.8) is 0 Å². The third kappa shape index (κ3) is 3.40. The van der Waals surface area contributed by atoms with E-state index in [1.807, 2.05) is 0 Å². The molecule has 2 aromatic rings. The molecule has 0 saturated heterocycles. The van der Waals surface area contributed by atoms with Crippen LogP contribution in [-0.2, 0) is 19.4 Å². The fraction of sp³-hybridized carbons (Fsp3) is 0.429. The van der Waals surface area contributed by atoms with Gasteiger partial charge in [-0.3, -0.25) is 0 Å². The molecule has 0 amide bonds. The summed E-state index contributed by atoms with van der Waals surface area (Å²) in [5, 5.41) is 11.2. The van der Waals surface area contributed by atoms with Gasteiger partial charge in [0, 0.05) is 6.42 Å². The minimum Gasteiger partial charge on any atom is -0.424 e. The summed E-state index contributed by atoms with van der Waals surface area (Å²) in [6.07, 6.45) is 1.74. The Morgan fingerprint density at radius 2 is 1.89 bits per heavy atom. The second-order valence-electron chi connectivity index (χ2n) is 4.30. The number of nitrogens with zero attached hydrogens (tertiary/aromatic N) is 2. The van der Waals surface area contributed by atoms with E-state index >= 15 is 0 Å². The van der Waals surface area contributed by atoms with Gasteiger partial charge < -0.3 is 9.73 Å². The number of rotatable bonds is 6. The molecule has 0 unspecified atom stereocenters. The van der Waals surface area contributed by atoms with Gasteiger partial charge in [-0.2, -0.15) is 0 Å². The first-order valence-corrected chi connectivity index (χ1v) is 6.36. The van der Waals surface area contributed by atoms with Crippen LogP contribution in [0.2, 0.25) is 0 Å². The summed E-state index contributed by atoms with van der Waals surface area (Å²) >= 11 is 0. The van der Waals surface area contributed by atoms with E-state index in [1.165, 1.54) is 11.1 Å². The SMILES string of the molecule is CCNCc1nnc(CCc2ccccc2C)o1. The summed E-state index contributed by atoms with van der Waals surface area (Å²) in [5.74, 6) is 1.38. The molecule has 18 heavy (non-hydrogen) atoms. The molecule has 1 heterocycles. The van der Waals surface area contributed by atoms with Gasteiger partial charge >= 0.3 is 0 Å². The molecule has 0 aliphatic carbocycles. The Morgan fingerprint density at radius 1 is 1.11 bits per heavy atom. The Bertz CT molecular complexity index is 493. The first kappa shape index (κ1) is 12.8. The minimum absolute atomic E-state index is 0.647. The van der Waals surface area contributed by atoms with E-state index < -0.39 is 0 Å². The standard InChI is InChI=1S/C14H19N3O/c1-3-15-10-14-17-16-13(18-14)9-8-12-7-5-4-6-11(12)2/h4-7,15H,3,8-10H2,1-2H3. The quantitative estimate of drug-likeness (QED) is 0.848. The molecule has 4 heteroatoms. The summed E-state index contributed by atoms with van der Waals surface area (Å²) in [7, 11) is 0. The van der Waals surface area contributed by atoms with E-state index in [2.05, 4.69) is 53.6 Å². The summed E-state index contributed by atoms with van der Waals surface area (Å²) in [4.78, 5) is 0. The molecule has 0 radical (unpaired) electrons. The molecule has 1 aromatic heterocycles. The van der Waals surface area contributed by atoms with Crippen molar-refractivity contribution < 1.29 is 4.42 Å². The van der Waals surface area contributed by atoms with Crippen LogP contribution in [0.3, 0.4) is 0 Å². The molecule has 0 fully saturated rings. The number of benzene rings is 1. The molecule has 1 aromatic carbocycles. The number of nitrogens with one attached hydrogen (secondary N) is 1. The molecule has 4 nitrogen and oxygen atoms in total. The predicted molar refractivity (Wildman–Crippen MR) is 70.3 cm³/mol. The van der Waals surface area contributed by atoms with Crippen molar-refractivity contribution in [2.24, 2.45) is 0 Å². The van der Waals surface area contributed by atoms with Gasteiger partial charge in [-0.1, -0.05) is 31.2 Å². The third-order valence-electron chi connectivity index (χ3n) is 2.90. The Hall–Kier alpha value is -1.68. The third-order valence-corrected chi connectivity index (χ3v) is 2.90. The summed E-state index contributed by atoms with van der Waals surface area (Å²) in [6, 6.07) is 8.39. The molecule has 0 saturated carbocycles. The molecule has 2 rings (SSSR count). The fourth-order valence-corrected chi connectivity index (χ4v) is 1.82. The number of hydrogen-bond donors (Lipinski definition) is 1. The number of aromatic nitrogens is 2. The lowest BCUT2D eigenvalue weighted by Crippen LogP contribution is -2.11. The average Bonchev–Trinajstić information content (AvgIpc) is 2.83.